The number of halogens is 1. The molecule has 3 aromatic rings. The molecule has 9 heteroatoms. The van der Waals surface area contributed by atoms with Crippen molar-refractivity contribution < 1.29 is 19.2 Å². The van der Waals surface area contributed by atoms with Gasteiger partial charge >= 0.3 is 5.69 Å². The zero-order valence-electron chi connectivity index (χ0n) is 16.8. The van der Waals surface area contributed by atoms with E-state index in [0.29, 0.717) is 42.2 Å². The topological polar surface area (TPSA) is 114 Å². The summed E-state index contributed by atoms with van der Waals surface area (Å²) in [4.78, 5) is 23.1. The number of carbonyl (C=O) groups excluding carboxylic acids is 1. The molecule has 0 unspecified atom stereocenters. The zero-order chi connectivity index (χ0) is 22.9. The molecule has 0 bridgehead atoms. The van der Waals surface area contributed by atoms with Crippen LogP contribution in [0.3, 0.4) is 0 Å². The summed E-state index contributed by atoms with van der Waals surface area (Å²) in [6, 6.07) is 19.3. The Bertz CT molecular complexity index is 1160. The molecule has 0 spiro atoms. The van der Waals surface area contributed by atoms with Gasteiger partial charge in [0.1, 0.15) is 11.5 Å². The number of carbonyl (C=O) groups is 1. The van der Waals surface area contributed by atoms with Gasteiger partial charge in [-0.1, -0.05) is 17.7 Å². The van der Waals surface area contributed by atoms with Crippen molar-refractivity contribution in [3.05, 3.63) is 87.4 Å². The maximum absolute atomic E-state index is 12.5. The smallest absolute Gasteiger partial charge is 0.313 e. The van der Waals surface area contributed by atoms with Crippen LogP contribution >= 0.6 is 11.6 Å². The van der Waals surface area contributed by atoms with Crippen LogP contribution in [0.5, 0.6) is 17.2 Å². The quantitative estimate of drug-likeness (QED) is 0.243. The van der Waals surface area contributed by atoms with Crippen molar-refractivity contribution >= 4 is 28.9 Å². The molecule has 0 heterocycles. The summed E-state index contributed by atoms with van der Waals surface area (Å²) in [5, 5.41) is 22.8. The summed E-state index contributed by atoms with van der Waals surface area (Å²) in [7, 11) is 0. The molecule has 0 radical (unpaired) electrons. The molecule has 8 nitrogen and oxygen atoms in total. The second-order valence-electron chi connectivity index (χ2n) is 6.59. The van der Waals surface area contributed by atoms with Crippen LogP contribution in [0, 0.1) is 21.4 Å². The molecule has 3 aromatic carbocycles. The van der Waals surface area contributed by atoms with Gasteiger partial charge in [-0.05, 0) is 55.0 Å². The third-order valence-electron chi connectivity index (χ3n) is 4.26. The minimum absolute atomic E-state index is 0.0446. The van der Waals surface area contributed by atoms with Gasteiger partial charge in [0.15, 0.2) is 0 Å². The van der Waals surface area contributed by atoms with E-state index < -0.39 is 4.92 Å². The summed E-state index contributed by atoms with van der Waals surface area (Å²) < 4.78 is 11.1. The number of nitrogens with one attached hydrogen (secondary N) is 1. The van der Waals surface area contributed by atoms with Crippen LogP contribution in [0.4, 0.5) is 11.4 Å². The van der Waals surface area contributed by atoms with E-state index in [-0.39, 0.29) is 22.4 Å². The Labute approximate surface area is 189 Å². The second-order valence-corrected chi connectivity index (χ2v) is 7.02. The summed E-state index contributed by atoms with van der Waals surface area (Å²) in [6.45, 7) is 0.415. The number of nitrogens with zero attached hydrogens (tertiary/aromatic N) is 2. The Morgan fingerprint density at radius 1 is 1.09 bits per heavy atom. The first kappa shape index (κ1) is 22.6. The highest BCUT2D eigenvalue weighted by atomic mass is 35.5. The van der Waals surface area contributed by atoms with Crippen LogP contribution in [-0.4, -0.2) is 17.4 Å². The molecule has 0 atom stereocenters. The molecule has 0 fully saturated rings. The molecule has 0 aliphatic heterocycles. The van der Waals surface area contributed by atoms with Crippen molar-refractivity contribution in [2.24, 2.45) is 0 Å². The van der Waals surface area contributed by atoms with Gasteiger partial charge in [0.2, 0.25) is 5.75 Å². The number of hydrogen-bond acceptors (Lipinski definition) is 6. The first-order valence-corrected chi connectivity index (χ1v) is 9.97. The van der Waals surface area contributed by atoms with Gasteiger partial charge in [-0.25, -0.2) is 0 Å². The number of unbranched alkanes of at least 4 members (excludes halogenated alkanes) is 1. The van der Waals surface area contributed by atoms with Gasteiger partial charge in [-0.15, -0.1) is 0 Å². The van der Waals surface area contributed by atoms with E-state index in [2.05, 4.69) is 11.4 Å². The molecule has 3 rings (SSSR count). The van der Waals surface area contributed by atoms with E-state index in [1.54, 1.807) is 48.5 Å². The molecule has 32 heavy (non-hydrogen) atoms. The van der Waals surface area contributed by atoms with E-state index in [4.69, 9.17) is 26.3 Å². The van der Waals surface area contributed by atoms with Gasteiger partial charge < -0.3 is 14.8 Å². The first-order valence-electron chi connectivity index (χ1n) is 9.59. The monoisotopic (exact) mass is 451 g/mol. The molecule has 0 aromatic heterocycles. The van der Waals surface area contributed by atoms with Crippen molar-refractivity contribution in [3.8, 4) is 23.3 Å². The van der Waals surface area contributed by atoms with Crippen LogP contribution in [0.1, 0.15) is 23.2 Å². The number of nitriles is 1. The van der Waals surface area contributed by atoms with E-state index in [1.807, 2.05) is 0 Å². The summed E-state index contributed by atoms with van der Waals surface area (Å²) >= 11 is 5.81. The Morgan fingerprint density at radius 2 is 1.88 bits per heavy atom. The fourth-order valence-corrected chi connectivity index (χ4v) is 2.90. The number of nitro benzene ring substituents is 1. The second kappa shape index (κ2) is 10.8. The third kappa shape index (κ3) is 6.20. The zero-order valence-corrected chi connectivity index (χ0v) is 17.5. The number of hydrogen-bond donors (Lipinski definition) is 1. The minimum Gasteiger partial charge on any atom is -0.493 e. The number of benzene rings is 3. The maximum Gasteiger partial charge on any atom is 0.313 e. The SMILES string of the molecule is N#CCCCOc1cccc(NC(=O)c2ccc(Oc3ccc(Cl)cc3[N+](=O)[O-])cc2)c1. The third-order valence-corrected chi connectivity index (χ3v) is 4.49. The first-order chi connectivity index (χ1) is 15.5. The minimum atomic E-state index is -0.579. The molecular weight excluding hydrogens is 434 g/mol. The molecule has 0 saturated heterocycles. The Hall–Kier alpha value is -4.09. The lowest BCUT2D eigenvalue weighted by Gasteiger charge is -2.10. The van der Waals surface area contributed by atoms with Crippen molar-refractivity contribution in [1.29, 1.82) is 5.26 Å². The van der Waals surface area contributed by atoms with Gasteiger partial charge in [-0.2, -0.15) is 5.26 Å². The van der Waals surface area contributed by atoms with Gasteiger partial charge in [0, 0.05) is 34.8 Å². The average Bonchev–Trinajstić information content (AvgIpc) is 2.78. The van der Waals surface area contributed by atoms with E-state index in [0.717, 1.165) is 0 Å². The lowest BCUT2D eigenvalue weighted by atomic mass is 10.2. The predicted molar refractivity (Wildman–Crippen MR) is 119 cm³/mol. The van der Waals surface area contributed by atoms with Crippen LogP contribution < -0.4 is 14.8 Å². The lowest BCUT2D eigenvalue weighted by Crippen LogP contribution is -2.11. The largest absolute Gasteiger partial charge is 0.493 e. The highest BCUT2D eigenvalue weighted by Crippen LogP contribution is 2.33. The number of anilines is 1. The standard InChI is InChI=1S/C23H18ClN3O5/c24-17-8-11-22(21(14-17)27(29)30)32-19-9-6-16(7-10-19)23(28)26-18-4-3-5-20(15-18)31-13-2-1-12-25/h3-11,14-15H,1-2,13H2,(H,26,28). The molecule has 0 aliphatic carbocycles. The maximum atomic E-state index is 12.5. The molecular formula is C23H18ClN3O5. The average molecular weight is 452 g/mol. The molecule has 162 valence electrons. The highest BCUT2D eigenvalue weighted by molar-refractivity contribution is 6.30. The van der Waals surface area contributed by atoms with E-state index in [9.17, 15) is 14.9 Å². The predicted octanol–water partition coefficient (Wildman–Crippen LogP) is 5.98. The summed E-state index contributed by atoms with van der Waals surface area (Å²) in [5.74, 6) is 0.632. The molecule has 1 N–H and O–H groups in total. The molecule has 1 amide bonds. The normalized spacial score (nSPS) is 10.1. The van der Waals surface area contributed by atoms with Crippen molar-refractivity contribution in [2.45, 2.75) is 12.8 Å². The van der Waals surface area contributed by atoms with Crippen LogP contribution in [0.15, 0.2) is 66.7 Å². The van der Waals surface area contributed by atoms with Crippen molar-refractivity contribution in [2.75, 3.05) is 11.9 Å². The van der Waals surface area contributed by atoms with Gasteiger partial charge in [-0.3, -0.25) is 14.9 Å². The van der Waals surface area contributed by atoms with E-state index in [1.165, 1.54) is 18.2 Å². The number of ether oxygens (including phenoxy) is 2. The Kier molecular flexibility index (Phi) is 7.62. The lowest BCUT2D eigenvalue weighted by molar-refractivity contribution is -0.385. The Morgan fingerprint density at radius 3 is 2.59 bits per heavy atom. The van der Waals surface area contributed by atoms with Gasteiger partial charge in [0.05, 0.1) is 17.6 Å². The number of rotatable bonds is 9. The number of nitro groups is 1. The van der Waals surface area contributed by atoms with Crippen LogP contribution in [0.2, 0.25) is 5.02 Å². The van der Waals surface area contributed by atoms with E-state index >= 15 is 0 Å². The van der Waals surface area contributed by atoms with Crippen LogP contribution in [0.25, 0.3) is 0 Å². The van der Waals surface area contributed by atoms with Crippen molar-refractivity contribution in [1.82, 2.24) is 0 Å². The highest BCUT2D eigenvalue weighted by Gasteiger charge is 2.17. The number of amides is 1. The summed E-state index contributed by atoms with van der Waals surface area (Å²) in [5.41, 5.74) is 0.683. The van der Waals surface area contributed by atoms with Crippen molar-refractivity contribution in [3.63, 3.8) is 0 Å². The molecule has 0 saturated carbocycles. The van der Waals surface area contributed by atoms with Crippen LogP contribution in [-0.2, 0) is 0 Å². The Balaban J connectivity index is 1.64. The summed E-state index contributed by atoms with van der Waals surface area (Å²) in [6.07, 6.45) is 1.04. The fraction of sp³-hybridized carbons (Fsp3) is 0.130. The van der Waals surface area contributed by atoms with Gasteiger partial charge in [0.25, 0.3) is 5.91 Å². The fourth-order valence-electron chi connectivity index (χ4n) is 2.73. The molecule has 0 aliphatic rings.